The zero-order valence-electron chi connectivity index (χ0n) is 11.6. The number of hydrogen-bond acceptors (Lipinski definition) is 2. The van der Waals surface area contributed by atoms with Crippen molar-refractivity contribution >= 4 is 9.84 Å². The van der Waals surface area contributed by atoms with Crippen LogP contribution in [0.4, 0.5) is 0 Å². The maximum Gasteiger partial charge on any atom is 0.208 e. The molecule has 0 aliphatic carbocycles. The minimum atomic E-state index is -3.47. The van der Waals surface area contributed by atoms with Gasteiger partial charge in [0.25, 0.3) is 0 Å². The standard InChI is InChI=1S/C17H15NO2S/c1-13-7-9-15(10-8-13)21(19,20)16-11-17(18-12-16)14-5-3-2-4-6-14/h2-12,18H,1H3. The molecule has 3 nitrogen and oxygen atoms in total. The van der Waals surface area contributed by atoms with Crippen molar-refractivity contribution in [3.63, 3.8) is 0 Å². The summed E-state index contributed by atoms with van der Waals surface area (Å²) < 4.78 is 25.1. The van der Waals surface area contributed by atoms with Crippen LogP contribution in [-0.2, 0) is 9.84 Å². The first-order chi connectivity index (χ1) is 10.1. The molecule has 1 aromatic heterocycles. The highest BCUT2D eigenvalue weighted by Crippen LogP contribution is 2.26. The highest BCUT2D eigenvalue weighted by atomic mass is 32.2. The molecule has 0 fully saturated rings. The summed E-state index contributed by atoms with van der Waals surface area (Å²) in [4.78, 5) is 3.62. The first-order valence-electron chi connectivity index (χ1n) is 6.63. The van der Waals surface area contributed by atoms with Gasteiger partial charge in [-0.3, -0.25) is 0 Å². The van der Waals surface area contributed by atoms with Crippen LogP contribution in [0.5, 0.6) is 0 Å². The van der Waals surface area contributed by atoms with Gasteiger partial charge < -0.3 is 4.98 Å². The second-order valence-corrected chi connectivity index (χ2v) is 6.88. The molecule has 21 heavy (non-hydrogen) atoms. The van der Waals surface area contributed by atoms with Crippen LogP contribution in [0, 0.1) is 6.92 Å². The van der Waals surface area contributed by atoms with E-state index in [2.05, 4.69) is 4.98 Å². The second kappa shape index (κ2) is 5.22. The third-order valence-corrected chi connectivity index (χ3v) is 5.13. The van der Waals surface area contributed by atoms with E-state index in [1.165, 1.54) is 6.20 Å². The summed E-state index contributed by atoms with van der Waals surface area (Å²) in [7, 11) is -3.47. The first kappa shape index (κ1) is 13.6. The predicted molar refractivity (Wildman–Crippen MR) is 82.9 cm³/mol. The number of aromatic amines is 1. The number of hydrogen-bond donors (Lipinski definition) is 1. The maximum absolute atomic E-state index is 12.6. The van der Waals surface area contributed by atoms with E-state index >= 15 is 0 Å². The van der Waals surface area contributed by atoms with Crippen molar-refractivity contribution < 1.29 is 8.42 Å². The first-order valence-corrected chi connectivity index (χ1v) is 8.11. The van der Waals surface area contributed by atoms with Gasteiger partial charge in [0.05, 0.1) is 9.79 Å². The van der Waals surface area contributed by atoms with Gasteiger partial charge in [0, 0.05) is 11.9 Å². The number of rotatable bonds is 3. The Morgan fingerprint density at radius 1 is 0.857 bits per heavy atom. The predicted octanol–water partition coefficient (Wildman–Crippen LogP) is 3.82. The van der Waals surface area contributed by atoms with Crippen LogP contribution in [0.25, 0.3) is 11.3 Å². The van der Waals surface area contributed by atoms with E-state index in [0.717, 1.165) is 16.8 Å². The number of aromatic nitrogens is 1. The molecule has 0 unspecified atom stereocenters. The van der Waals surface area contributed by atoms with E-state index in [1.807, 2.05) is 37.3 Å². The van der Waals surface area contributed by atoms with E-state index in [1.54, 1.807) is 30.3 Å². The van der Waals surface area contributed by atoms with Crippen LogP contribution >= 0.6 is 0 Å². The van der Waals surface area contributed by atoms with Gasteiger partial charge in [-0.25, -0.2) is 8.42 Å². The van der Waals surface area contributed by atoms with Crippen molar-refractivity contribution in [3.8, 4) is 11.3 Å². The Hall–Kier alpha value is -2.33. The van der Waals surface area contributed by atoms with Crippen LogP contribution in [0.1, 0.15) is 5.56 Å². The average molecular weight is 297 g/mol. The monoisotopic (exact) mass is 297 g/mol. The Morgan fingerprint density at radius 3 is 2.19 bits per heavy atom. The third-order valence-electron chi connectivity index (χ3n) is 3.38. The highest BCUT2D eigenvalue weighted by molar-refractivity contribution is 7.91. The summed E-state index contributed by atoms with van der Waals surface area (Å²) in [5, 5.41) is 0. The fraction of sp³-hybridized carbons (Fsp3) is 0.0588. The Balaban J connectivity index is 2.01. The van der Waals surface area contributed by atoms with Crippen molar-refractivity contribution in [2.45, 2.75) is 16.7 Å². The fourth-order valence-corrected chi connectivity index (χ4v) is 3.42. The van der Waals surface area contributed by atoms with E-state index in [-0.39, 0.29) is 4.90 Å². The largest absolute Gasteiger partial charge is 0.360 e. The summed E-state index contributed by atoms with van der Waals surface area (Å²) in [6.07, 6.45) is 1.54. The summed E-state index contributed by atoms with van der Waals surface area (Å²) >= 11 is 0. The van der Waals surface area contributed by atoms with Crippen LogP contribution in [0.2, 0.25) is 0 Å². The minimum absolute atomic E-state index is 0.283. The van der Waals surface area contributed by atoms with Crippen molar-refractivity contribution in [1.29, 1.82) is 0 Å². The number of H-pyrrole nitrogens is 1. The van der Waals surface area contributed by atoms with Crippen molar-refractivity contribution in [3.05, 3.63) is 72.4 Å². The van der Waals surface area contributed by atoms with Crippen LogP contribution in [0.15, 0.2) is 76.7 Å². The van der Waals surface area contributed by atoms with Crippen molar-refractivity contribution in [2.75, 3.05) is 0 Å². The summed E-state index contributed by atoms with van der Waals surface area (Å²) in [5.74, 6) is 0. The van der Waals surface area contributed by atoms with Gasteiger partial charge in [0.2, 0.25) is 9.84 Å². The van der Waals surface area contributed by atoms with E-state index in [4.69, 9.17) is 0 Å². The lowest BCUT2D eigenvalue weighted by Gasteiger charge is -2.02. The molecule has 0 atom stereocenters. The fourth-order valence-electron chi connectivity index (χ4n) is 2.17. The topological polar surface area (TPSA) is 49.9 Å². The molecule has 2 aromatic carbocycles. The van der Waals surface area contributed by atoms with E-state index in [9.17, 15) is 8.42 Å². The molecule has 1 N–H and O–H groups in total. The molecule has 0 spiro atoms. The molecule has 0 radical (unpaired) electrons. The van der Waals surface area contributed by atoms with Crippen LogP contribution in [-0.4, -0.2) is 13.4 Å². The molecule has 0 bridgehead atoms. The van der Waals surface area contributed by atoms with Crippen molar-refractivity contribution in [2.24, 2.45) is 0 Å². The minimum Gasteiger partial charge on any atom is -0.360 e. The molecule has 3 rings (SSSR count). The number of aryl methyl sites for hydroxylation is 1. The summed E-state index contributed by atoms with van der Waals surface area (Å²) in [6.45, 7) is 1.93. The van der Waals surface area contributed by atoms with Gasteiger partial charge in [-0.15, -0.1) is 0 Å². The quantitative estimate of drug-likeness (QED) is 0.799. The molecule has 4 heteroatoms. The summed E-state index contributed by atoms with van der Waals surface area (Å²) in [6, 6.07) is 18.2. The molecule has 0 aliphatic rings. The lowest BCUT2D eigenvalue weighted by Crippen LogP contribution is -2.00. The van der Waals surface area contributed by atoms with Gasteiger partial charge in [0.15, 0.2) is 0 Å². The van der Waals surface area contributed by atoms with Gasteiger partial charge in [-0.2, -0.15) is 0 Å². The van der Waals surface area contributed by atoms with E-state index < -0.39 is 9.84 Å². The molecule has 0 saturated carbocycles. The maximum atomic E-state index is 12.6. The molecule has 0 amide bonds. The lowest BCUT2D eigenvalue weighted by atomic mass is 10.2. The number of benzene rings is 2. The molecule has 1 heterocycles. The zero-order valence-corrected chi connectivity index (χ0v) is 12.4. The zero-order chi connectivity index (χ0) is 14.9. The normalized spacial score (nSPS) is 11.5. The Bertz CT molecular complexity index is 847. The molecule has 0 saturated heterocycles. The Morgan fingerprint density at radius 2 is 1.52 bits per heavy atom. The highest BCUT2D eigenvalue weighted by Gasteiger charge is 2.19. The van der Waals surface area contributed by atoms with Gasteiger partial charge in [0.1, 0.15) is 0 Å². The smallest absolute Gasteiger partial charge is 0.208 e. The second-order valence-electron chi connectivity index (χ2n) is 4.93. The van der Waals surface area contributed by atoms with Crippen molar-refractivity contribution in [1.82, 2.24) is 4.98 Å². The Kier molecular flexibility index (Phi) is 3.39. The third kappa shape index (κ3) is 2.62. The van der Waals surface area contributed by atoms with Gasteiger partial charge >= 0.3 is 0 Å². The molecular weight excluding hydrogens is 282 g/mol. The molecule has 0 aliphatic heterocycles. The number of nitrogens with one attached hydrogen (secondary N) is 1. The van der Waals surface area contributed by atoms with Gasteiger partial charge in [-0.1, -0.05) is 48.0 Å². The number of sulfone groups is 1. The van der Waals surface area contributed by atoms with Crippen LogP contribution in [0.3, 0.4) is 0 Å². The molecule has 106 valence electrons. The Labute approximate surface area is 124 Å². The molecular formula is C17H15NO2S. The lowest BCUT2D eigenvalue weighted by molar-refractivity contribution is 0.596. The average Bonchev–Trinajstić information content (AvgIpc) is 2.99. The van der Waals surface area contributed by atoms with Crippen LogP contribution < -0.4 is 0 Å². The van der Waals surface area contributed by atoms with E-state index in [0.29, 0.717) is 4.90 Å². The SMILES string of the molecule is Cc1ccc(S(=O)(=O)c2c[nH]c(-c3ccccc3)c2)cc1. The summed E-state index contributed by atoms with van der Waals surface area (Å²) in [5.41, 5.74) is 2.79. The molecule has 3 aromatic rings. The van der Waals surface area contributed by atoms with Gasteiger partial charge in [-0.05, 0) is 30.7 Å².